The minimum Gasteiger partial charge on any atom is -0.511 e. The number of carbonyl (C=O) groups is 2. The average Bonchev–Trinajstić information content (AvgIpc) is 3.12. The molecule has 2 heterocycles. The number of aliphatic hydroxyl groups is 1. The third-order valence-corrected chi connectivity index (χ3v) is 4.82. The molecule has 2 aromatic rings. The van der Waals surface area contributed by atoms with Crippen molar-refractivity contribution >= 4 is 11.6 Å². The Morgan fingerprint density at radius 1 is 1.31 bits per heavy atom. The highest BCUT2D eigenvalue weighted by molar-refractivity contribution is 6.27. The Labute approximate surface area is 178 Å². The molecule has 1 aliphatic carbocycles. The molecular weight excluding hydrogens is 441 g/mol. The molecule has 0 saturated heterocycles. The molecular formula is C20H18F5N3O4. The lowest BCUT2D eigenvalue weighted by atomic mass is 9.90. The molecule has 7 nitrogen and oxygen atoms in total. The fraction of sp³-hybridized carbons (Fsp3) is 0.400. The van der Waals surface area contributed by atoms with Gasteiger partial charge >= 0.3 is 6.18 Å². The summed E-state index contributed by atoms with van der Waals surface area (Å²) in [5.74, 6) is -2.24. The Morgan fingerprint density at radius 2 is 2.03 bits per heavy atom. The van der Waals surface area contributed by atoms with Crippen LogP contribution >= 0.6 is 0 Å². The Hall–Kier alpha value is -3.31. The van der Waals surface area contributed by atoms with E-state index in [-0.39, 0.29) is 36.4 Å². The molecule has 0 fully saturated rings. The number of halogens is 5. The summed E-state index contributed by atoms with van der Waals surface area (Å²) in [6.07, 6.45) is -5.06. The molecule has 0 saturated carbocycles. The largest absolute Gasteiger partial charge is 0.511 e. The lowest BCUT2D eigenvalue weighted by molar-refractivity contribution is -0.153. The van der Waals surface area contributed by atoms with Crippen molar-refractivity contribution in [2.45, 2.75) is 45.3 Å². The molecule has 0 aliphatic heterocycles. The van der Waals surface area contributed by atoms with Crippen LogP contribution in [0.1, 0.15) is 53.0 Å². The average molecular weight is 459 g/mol. The molecule has 12 heteroatoms. The monoisotopic (exact) mass is 459 g/mol. The van der Waals surface area contributed by atoms with E-state index < -0.39 is 53.4 Å². The topological polar surface area (TPSA) is 94.3 Å². The van der Waals surface area contributed by atoms with E-state index in [1.165, 1.54) is 19.2 Å². The Balaban J connectivity index is 1.91. The van der Waals surface area contributed by atoms with Crippen molar-refractivity contribution < 1.29 is 41.4 Å². The fourth-order valence-electron chi connectivity index (χ4n) is 3.26. The summed E-state index contributed by atoms with van der Waals surface area (Å²) in [7, 11) is 0. The van der Waals surface area contributed by atoms with Gasteiger partial charge in [0.15, 0.2) is 12.4 Å². The van der Waals surface area contributed by atoms with Gasteiger partial charge in [-0.3, -0.25) is 19.3 Å². The van der Waals surface area contributed by atoms with E-state index in [9.17, 15) is 36.6 Å². The minimum absolute atomic E-state index is 0.0110. The van der Waals surface area contributed by atoms with Crippen molar-refractivity contribution in [3.05, 3.63) is 52.3 Å². The van der Waals surface area contributed by atoms with Gasteiger partial charge in [0, 0.05) is 30.8 Å². The highest BCUT2D eigenvalue weighted by Crippen LogP contribution is 2.29. The van der Waals surface area contributed by atoms with Crippen LogP contribution in [0.4, 0.5) is 22.0 Å². The number of hydrogen-bond acceptors (Lipinski definition) is 6. The van der Waals surface area contributed by atoms with Crippen LogP contribution in [0.2, 0.25) is 0 Å². The zero-order valence-corrected chi connectivity index (χ0v) is 16.7. The molecule has 1 N–H and O–H groups in total. The first kappa shape index (κ1) is 23.4. The molecule has 32 heavy (non-hydrogen) atoms. The van der Waals surface area contributed by atoms with Gasteiger partial charge in [-0.15, -0.1) is 0 Å². The standard InChI is InChI=1S/C20H18F5N3O4/c1-10-12(26-6-5-15(10)32-9-20(23,24)25)8-28-7-11(17(27-28)19(21)22)18(31)16-13(29)3-2-4-14(16)30/h5-7,19,29H,2-4,8-9H2,1H3. The molecule has 0 radical (unpaired) electrons. The summed E-state index contributed by atoms with van der Waals surface area (Å²) in [5.41, 5.74) is -1.53. The quantitative estimate of drug-likeness (QED) is 0.378. The third kappa shape index (κ3) is 5.11. The summed E-state index contributed by atoms with van der Waals surface area (Å²) < 4.78 is 70.0. The third-order valence-electron chi connectivity index (χ3n) is 4.82. The number of nitrogens with zero attached hydrogens (tertiary/aromatic N) is 3. The molecule has 0 amide bonds. The number of aromatic nitrogens is 3. The van der Waals surface area contributed by atoms with Crippen molar-refractivity contribution in [1.29, 1.82) is 0 Å². The van der Waals surface area contributed by atoms with Crippen molar-refractivity contribution in [3.8, 4) is 5.75 Å². The van der Waals surface area contributed by atoms with E-state index in [0.29, 0.717) is 6.42 Å². The highest BCUT2D eigenvalue weighted by Gasteiger charge is 2.32. The van der Waals surface area contributed by atoms with Gasteiger partial charge in [0.05, 0.1) is 17.8 Å². The number of ether oxygens (including phenoxy) is 1. The smallest absolute Gasteiger partial charge is 0.422 e. The molecule has 0 unspecified atom stereocenters. The van der Waals surface area contributed by atoms with E-state index in [2.05, 4.69) is 10.1 Å². The summed E-state index contributed by atoms with van der Waals surface area (Å²) in [5, 5.41) is 13.6. The maximum absolute atomic E-state index is 13.5. The Bertz CT molecular complexity index is 1080. The summed E-state index contributed by atoms with van der Waals surface area (Å²) in [6.45, 7) is -0.317. The number of pyridine rings is 1. The van der Waals surface area contributed by atoms with Crippen molar-refractivity contribution in [3.63, 3.8) is 0 Å². The summed E-state index contributed by atoms with van der Waals surface area (Å²) in [4.78, 5) is 28.8. The second-order valence-electron chi connectivity index (χ2n) is 7.14. The maximum Gasteiger partial charge on any atom is 0.422 e. The summed E-state index contributed by atoms with van der Waals surface area (Å²) in [6, 6.07) is 1.23. The van der Waals surface area contributed by atoms with Gasteiger partial charge in [0.1, 0.15) is 22.8 Å². The van der Waals surface area contributed by atoms with E-state index in [4.69, 9.17) is 4.74 Å². The van der Waals surface area contributed by atoms with Gasteiger partial charge in [0.2, 0.25) is 5.78 Å². The first-order chi connectivity index (χ1) is 15.0. The van der Waals surface area contributed by atoms with Gasteiger partial charge in [-0.05, 0) is 19.4 Å². The molecule has 0 atom stereocenters. The van der Waals surface area contributed by atoms with Gasteiger partial charge in [0.25, 0.3) is 6.43 Å². The number of hydrogen-bond donors (Lipinski definition) is 1. The van der Waals surface area contributed by atoms with Crippen LogP contribution in [0, 0.1) is 6.92 Å². The maximum atomic E-state index is 13.5. The Kier molecular flexibility index (Phi) is 6.60. The van der Waals surface area contributed by atoms with Crippen molar-refractivity contribution in [2.24, 2.45) is 0 Å². The van der Waals surface area contributed by atoms with Crippen LogP contribution in [-0.4, -0.2) is 44.2 Å². The molecule has 3 rings (SSSR count). The van der Waals surface area contributed by atoms with E-state index >= 15 is 0 Å². The predicted octanol–water partition coefficient (Wildman–Crippen LogP) is 4.26. The van der Waals surface area contributed by atoms with Gasteiger partial charge < -0.3 is 9.84 Å². The van der Waals surface area contributed by atoms with E-state index in [1.54, 1.807) is 0 Å². The van der Waals surface area contributed by atoms with Crippen molar-refractivity contribution in [1.82, 2.24) is 14.8 Å². The summed E-state index contributed by atoms with van der Waals surface area (Å²) >= 11 is 0. The second-order valence-corrected chi connectivity index (χ2v) is 7.14. The zero-order chi connectivity index (χ0) is 23.6. The second kappa shape index (κ2) is 9.05. The number of aliphatic hydroxyl groups excluding tert-OH is 1. The highest BCUT2D eigenvalue weighted by atomic mass is 19.4. The molecule has 0 spiro atoms. The number of alkyl halides is 5. The number of allylic oxidation sites excluding steroid dienone is 2. The van der Waals surface area contributed by atoms with Gasteiger partial charge in [-0.25, -0.2) is 8.78 Å². The normalized spacial score (nSPS) is 14.9. The predicted molar refractivity (Wildman–Crippen MR) is 99.7 cm³/mol. The number of carbonyl (C=O) groups excluding carboxylic acids is 2. The lowest BCUT2D eigenvalue weighted by Crippen LogP contribution is -2.20. The van der Waals surface area contributed by atoms with Gasteiger partial charge in [-0.1, -0.05) is 0 Å². The number of ketones is 2. The fourth-order valence-corrected chi connectivity index (χ4v) is 3.26. The first-order valence-electron chi connectivity index (χ1n) is 9.47. The van der Waals surface area contributed by atoms with Crippen LogP contribution in [0.5, 0.6) is 5.75 Å². The molecule has 1 aliphatic rings. The first-order valence-corrected chi connectivity index (χ1v) is 9.47. The molecule has 172 valence electrons. The number of rotatable bonds is 7. The molecule has 0 aromatic carbocycles. The molecule has 2 aromatic heterocycles. The van der Waals surface area contributed by atoms with Crippen LogP contribution < -0.4 is 4.74 Å². The van der Waals surface area contributed by atoms with Crippen LogP contribution in [-0.2, 0) is 11.3 Å². The lowest BCUT2D eigenvalue weighted by Gasteiger charge is -2.14. The minimum atomic E-state index is -4.55. The van der Waals surface area contributed by atoms with Crippen molar-refractivity contribution in [2.75, 3.05) is 6.61 Å². The molecule has 0 bridgehead atoms. The van der Waals surface area contributed by atoms with Crippen LogP contribution in [0.3, 0.4) is 0 Å². The van der Waals surface area contributed by atoms with E-state index in [0.717, 1.165) is 10.9 Å². The number of Topliss-reactive ketones (excluding diaryl/α,β-unsaturated/α-hetero) is 2. The van der Waals surface area contributed by atoms with Crippen LogP contribution in [0.15, 0.2) is 29.8 Å². The van der Waals surface area contributed by atoms with Crippen LogP contribution in [0.25, 0.3) is 0 Å². The SMILES string of the molecule is Cc1c(OCC(F)(F)F)ccnc1Cn1cc(C(=O)C2=C(O)CCCC2=O)c(C(F)F)n1. The van der Waals surface area contributed by atoms with E-state index in [1.807, 2.05) is 0 Å². The Morgan fingerprint density at radius 3 is 2.66 bits per heavy atom. The van der Waals surface area contributed by atoms with Gasteiger partial charge in [-0.2, -0.15) is 18.3 Å². The zero-order valence-electron chi connectivity index (χ0n) is 16.7.